The summed E-state index contributed by atoms with van der Waals surface area (Å²) in [5.74, 6) is -2.16. The Morgan fingerprint density at radius 1 is 1.32 bits per heavy atom. The Morgan fingerprint density at radius 2 is 2.00 bits per heavy atom. The molecule has 2 N–H and O–H groups in total. The minimum atomic E-state index is -0.622. The van der Waals surface area contributed by atoms with E-state index in [1.807, 2.05) is 0 Å². The van der Waals surface area contributed by atoms with Gasteiger partial charge in [0.15, 0.2) is 5.69 Å². The normalized spacial score (nSPS) is 11.6. The standard InChI is InChI=1S/C14H19N3O5/c1-4-15-13(21)11(19)6-5-8(2)16-12(20)10-7-22-14(17-10)9(3)18/h7-8H,4-6H2,1-3H3,(H,15,21)(H,16,20). The van der Waals surface area contributed by atoms with Crippen LogP contribution in [-0.4, -0.2) is 41.0 Å². The summed E-state index contributed by atoms with van der Waals surface area (Å²) in [5, 5.41) is 5.04. The van der Waals surface area contributed by atoms with Gasteiger partial charge in [-0.3, -0.25) is 19.2 Å². The van der Waals surface area contributed by atoms with Crippen LogP contribution in [-0.2, 0) is 9.59 Å². The van der Waals surface area contributed by atoms with Crippen molar-refractivity contribution in [3.05, 3.63) is 17.8 Å². The van der Waals surface area contributed by atoms with E-state index in [-0.39, 0.29) is 29.8 Å². The highest BCUT2D eigenvalue weighted by atomic mass is 16.3. The Balaban J connectivity index is 2.45. The lowest BCUT2D eigenvalue weighted by molar-refractivity contribution is -0.137. The van der Waals surface area contributed by atoms with Gasteiger partial charge in [0, 0.05) is 25.9 Å². The zero-order valence-electron chi connectivity index (χ0n) is 12.8. The van der Waals surface area contributed by atoms with Crippen LogP contribution >= 0.6 is 0 Å². The third-order valence-corrected chi connectivity index (χ3v) is 2.81. The Hall–Kier alpha value is -2.51. The van der Waals surface area contributed by atoms with Crippen molar-refractivity contribution in [2.75, 3.05) is 6.54 Å². The van der Waals surface area contributed by atoms with Crippen LogP contribution in [0.15, 0.2) is 10.7 Å². The van der Waals surface area contributed by atoms with E-state index in [0.717, 1.165) is 6.26 Å². The molecule has 0 fully saturated rings. The first-order chi connectivity index (χ1) is 10.3. The Bertz CT molecular complexity index is 579. The molecule has 1 atom stereocenters. The number of amides is 2. The molecule has 8 heteroatoms. The summed E-state index contributed by atoms with van der Waals surface area (Å²) < 4.78 is 4.86. The fourth-order valence-electron chi connectivity index (χ4n) is 1.63. The molecule has 0 bridgehead atoms. The molecule has 0 aliphatic rings. The number of carbonyl (C=O) groups excluding carboxylic acids is 4. The van der Waals surface area contributed by atoms with E-state index in [0.29, 0.717) is 13.0 Å². The molecular formula is C14H19N3O5. The minimum absolute atomic E-state index is 0.00731. The molecular weight excluding hydrogens is 290 g/mol. The van der Waals surface area contributed by atoms with E-state index in [4.69, 9.17) is 4.42 Å². The van der Waals surface area contributed by atoms with Gasteiger partial charge in [-0.05, 0) is 20.3 Å². The second-order valence-electron chi connectivity index (χ2n) is 4.79. The van der Waals surface area contributed by atoms with E-state index < -0.39 is 17.6 Å². The highest BCUT2D eigenvalue weighted by Gasteiger charge is 2.18. The highest BCUT2D eigenvalue weighted by molar-refractivity contribution is 6.36. The summed E-state index contributed by atoms with van der Waals surface area (Å²) >= 11 is 0. The number of carbonyl (C=O) groups is 4. The van der Waals surface area contributed by atoms with E-state index in [2.05, 4.69) is 15.6 Å². The lowest BCUT2D eigenvalue weighted by Crippen LogP contribution is -2.35. The number of aromatic nitrogens is 1. The molecule has 0 aliphatic carbocycles. The van der Waals surface area contributed by atoms with Crippen LogP contribution in [0.4, 0.5) is 0 Å². The largest absolute Gasteiger partial charge is 0.441 e. The molecule has 120 valence electrons. The van der Waals surface area contributed by atoms with Crippen molar-refractivity contribution in [1.29, 1.82) is 0 Å². The maximum atomic E-state index is 11.9. The number of Topliss-reactive ketones (excluding diaryl/α,β-unsaturated/α-hetero) is 2. The van der Waals surface area contributed by atoms with Crippen LogP contribution < -0.4 is 10.6 Å². The van der Waals surface area contributed by atoms with E-state index in [9.17, 15) is 19.2 Å². The molecule has 0 spiro atoms. The number of likely N-dealkylation sites (N-methyl/N-ethyl adjacent to an activating group) is 1. The molecule has 8 nitrogen and oxygen atoms in total. The minimum Gasteiger partial charge on any atom is -0.441 e. The number of nitrogens with zero attached hydrogens (tertiary/aromatic N) is 1. The van der Waals surface area contributed by atoms with Crippen molar-refractivity contribution in [2.45, 2.75) is 39.7 Å². The monoisotopic (exact) mass is 309 g/mol. The maximum absolute atomic E-state index is 11.9. The highest BCUT2D eigenvalue weighted by Crippen LogP contribution is 2.04. The summed E-state index contributed by atoms with van der Waals surface area (Å²) in [6.07, 6.45) is 1.45. The number of ketones is 2. The predicted octanol–water partition coefficient (Wildman–Crippen LogP) is 0.481. The molecule has 1 aromatic heterocycles. The van der Waals surface area contributed by atoms with Gasteiger partial charge in [0.1, 0.15) is 6.26 Å². The lowest BCUT2D eigenvalue weighted by Gasteiger charge is -2.11. The molecule has 0 radical (unpaired) electrons. The first-order valence-electron chi connectivity index (χ1n) is 6.93. The first kappa shape index (κ1) is 17.5. The average molecular weight is 309 g/mol. The van der Waals surface area contributed by atoms with Gasteiger partial charge >= 0.3 is 0 Å². The molecule has 0 saturated carbocycles. The SMILES string of the molecule is CCNC(=O)C(=O)CCC(C)NC(=O)c1coc(C(C)=O)n1. The molecule has 1 rings (SSSR count). The van der Waals surface area contributed by atoms with Crippen LogP contribution in [0.25, 0.3) is 0 Å². The summed E-state index contributed by atoms with van der Waals surface area (Å²) in [7, 11) is 0. The Morgan fingerprint density at radius 3 is 2.55 bits per heavy atom. The zero-order chi connectivity index (χ0) is 16.7. The number of hydrogen-bond donors (Lipinski definition) is 2. The van der Waals surface area contributed by atoms with Crippen molar-refractivity contribution < 1.29 is 23.6 Å². The van der Waals surface area contributed by atoms with Crippen molar-refractivity contribution in [2.24, 2.45) is 0 Å². The van der Waals surface area contributed by atoms with Gasteiger partial charge in [0.25, 0.3) is 17.7 Å². The molecule has 1 aromatic rings. The predicted molar refractivity (Wildman–Crippen MR) is 76.4 cm³/mol. The van der Waals surface area contributed by atoms with Crippen molar-refractivity contribution in [3.63, 3.8) is 0 Å². The van der Waals surface area contributed by atoms with Gasteiger partial charge in [0.2, 0.25) is 11.6 Å². The average Bonchev–Trinajstić information content (AvgIpc) is 2.95. The second kappa shape index (κ2) is 8.06. The van der Waals surface area contributed by atoms with Gasteiger partial charge in [-0.1, -0.05) is 0 Å². The van der Waals surface area contributed by atoms with Gasteiger partial charge in [-0.25, -0.2) is 4.98 Å². The molecule has 0 saturated heterocycles. The van der Waals surface area contributed by atoms with E-state index in [1.165, 1.54) is 6.92 Å². The van der Waals surface area contributed by atoms with E-state index >= 15 is 0 Å². The van der Waals surface area contributed by atoms with Crippen molar-refractivity contribution in [3.8, 4) is 0 Å². The Kier molecular flexibility index (Phi) is 6.43. The summed E-state index contributed by atoms with van der Waals surface area (Å²) in [4.78, 5) is 49.4. The lowest BCUT2D eigenvalue weighted by atomic mass is 10.1. The first-order valence-corrected chi connectivity index (χ1v) is 6.93. The third kappa shape index (κ3) is 5.12. The number of rotatable bonds is 8. The van der Waals surface area contributed by atoms with Gasteiger partial charge in [0.05, 0.1) is 0 Å². The summed E-state index contributed by atoms with van der Waals surface area (Å²) in [6.45, 7) is 5.10. The van der Waals surface area contributed by atoms with Gasteiger partial charge in [-0.15, -0.1) is 0 Å². The van der Waals surface area contributed by atoms with Crippen LogP contribution in [0.5, 0.6) is 0 Å². The van der Waals surface area contributed by atoms with Crippen LogP contribution in [0.2, 0.25) is 0 Å². The zero-order valence-corrected chi connectivity index (χ0v) is 12.8. The Labute approximate surface area is 127 Å². The molecule has 22 heavy (non-hydrogen) atoms. The van der Waals surface area contributed by atoms with Crippen LogP contribution in [0.1, 0.15) is 54.8 Å². The molecule has 1 unspecified atom stereocenters. The van der Waals surface area contributed by atoms with Crippen LogP contribution in [0, 0.1) is 0 Å². The molecule has 2 amide bonds. The van der Waals surface area contributed by atoms with Crippen molar-refractivity contribution in [1.82, 2.24) is 15.6 Å². The topological polar surface area (TPSA) is 118 Å². The summed E-state index contributed by atoms with van der Waals surface area (Å²) in [5.41, 5.74) is -0.00731. The number of nitrogens with one attached hydrogen (secondary N) is 2. The molecule has 1 heterocycles. The van der Waals surface area contributed by atoms with Crippen LogP contribution in [0.3, 0.4) is 0 Å². The second-order valence-corrected chi connectivity index (χ2v) is 4.79. The number of hydrogen-bond acceptors (Lipinski definition) is 6. The summed E-state index contributed by atoms with van der Waals surface area (Å²) in [6, 6.07) is -0.330. The van der Waals surface area contributed by atoms with E-state index in [1.54, 1.807) is 13.8 Å². The molecule has 0 aliphatic heterocycles. The fourth-order valence-corrected chi connectivity index (χ4v) is 1.63. The number of oxazole rings is 1. The van der Waals surface area contributed by atoms with Crippen molar-refractivity contribution >= 4 is 23.4 Å². The molecule has 0 aromatic carbocycles. The quantitative estimate of drug-likeness (QED) is 0.532. The maximum Gasteiger partial charge on any atom is 0.287 e. The smallest absolute Gasteiger partial charge is 0.287 e. The van der Waals surface area contributed by atoms with Gasteiger partial charge in [-0.2, -0.15) is 0 Å². The third-order valence-electron chi connectivity index (χ3n) is 2.81. The fraction of sp³-hybridized carbons (Fsp3) is 0.500. The van der Waals surface area contributed by atoms with Gasteiger partial charge < -0.3 is 15.1 Å².